The summed E-state index contributed by atoms with van der Waals surface area (Å²) in [7, 11) is 0. The van der Waals surface area contributed by atoms with E-state index in [1.54, 1.807) is 0 Å². The molecule has 0 aliphatic rings. The van der Waals surface area contributed by atoms with Crippen LogP contribution in [0.15, 0.2) is 30.3 Å². The molecule has 0 heterocycles. The molecule has 3 nitrogen and oxygen atoms in total. The van der Waals surface area contributed by atoms with Gasteiger partial charge in [-0.25, -0.2) is 13.2 Å². The highest BCUT2D eigenvalue weighted by Crippen LogP contribution is 2.19. The zero-order valence-corrected chi connectivity index (χ0v) is 10.5. The largest absolute Gasteiger partial charge is 0.398 e. The summed E-state index contributed by atoms with van der Waals surface area (Å²) in [6.45, 7) is 1.48. The summed E-state index contributed by atoms with van der Waals surface area (Å²) in [4.78, 5) is 11.9. The van der Waals surface area contributed by atoms with Crippen molar-refractivity contribution in [2.24, 2.45) is 0 Å². The Morgan fingerprint density at radius 2 is 1.65 bits per heavy atom. The quantitative estimate of drug-likeness (QED) is 0.830. The van der Waals surface area contributed by atoms with E-state index in [2.05, 4.69) is 5.32 Å². The first-order valence-electron chi connectivity index (χ1n) is 5.70. The average molecular weight is 280 g/mol. The number of carbonyl (C=O) groups is 1. The van der Waals surface area contributed by atoms with E-state index in [0.29, 0.717) is 6.07 Å². The van der Waals surface area contributed by atoms with Gasteiger partial charge in [0.15, 0.2) is 0 Å². The summed E-state index contributed by atoms with van der Waals surface area (Å²) < 4.78 is 39.5. The standard InChI is InChI=1S/C14H11F3N2O/c1-7-12(17)2-8(3-13(7)18)14(20)19-11-5-9(15)4-10(16)6-11/h2-6H,18H2,1H3,(H,19,20). The Hall–Kier alpha value is -2.50. The van der Waals surface area contributed by atoms with Crippen LogP contribution in [0, 0.1) is 24.4 Å². The summed E-state index contributed by atoms with van der Waals surface area (Å²) in [5.74, 6) is -2.98. The molecule has 0 aliphatic heterocycles. The van der Waals surface area contributed by atoms with Crippen LogP contribution in [0.4, 0.5) is 24.5 Å². The fourth-order valence-corrected chi connectivity index (χ4v) is 1.66. The van der Waals surface area contributed by atoms with Crippen molar-refractivity contribution >= 4 is 17.3 Å². The number of rotatable bonds is 2. The van der Waals surface area contributed by atoms with Gasteiger partial charge in [-0.2, -0.15) is 0 Å². The molecule has 3 N–H and O–H groups in total. The van der Waals surface area contributed by atoms with Crippen LogP contribution in [-0.4, -0.2) is 5.91 Å². The minimum atomic E-state index is -0.824. The van der Waals surface area contributed by atoms with Gasteiger partial charge in [-0.1, -0.05) is 0 Å². The molecule has 2 rings (SSSR count). The lowest BCUT2D eigenvalue weighted by Gasteiger charge is -2.08. The van der Waals surface area contributed by atoms with Gasteiger partial charge < -0.3 is 11.1 Å². The number of anilines is 2. The molecule has 104 valence electrons. The van der Waals surface area contributed by atoms with Gasteiger partial charge in [0.2, 0.25) is 0 Å². The molecule has 0 atom stereocenters. The van der Waals surface area contributed by atoms with Crippen LogP contribution in [0.3, 0.4) is 0 Å². The van der Waals surface area contributed by atoms with Crippen LogP contribution in [0.1, 0.15) is 15.9 Å². The number of hydrogen-bond donors (Lipinski definition) is 2. The predicted molar refractivity (Wildman–Crippen MR) is 69.9 cm³/mol. The van der Waals surface area contributed by atoms with Gasteiger partial charge in [-0.15, -0.1) is 0 Å². The highest BCUT2D eigenvalue weighted by molar-refractivity contribution is 6.04. The molecule has 0 aromatic heterocycles. The van der Waals surface area contributed by atoms with Crippen molar-refractivity contribution in [3.63, 3.8) is 0 Å². The van der Waals surface area contributed by atoms with Gasteiger partial charge in [0.1, 0.15) is 17.5 Å². The third-order valence-corrected chi connectivity index (χ3v) is 2.77. The number of benzene rings is 2. The molecule has 0 bridgehead atoms. The summed E-state index contributed by atoms with van der Waals surface area (Å²) in [6, 6.07) is 4.89. The second-order valence-corrected chi connectivity index (χ2v) is 4.28. The van der Waals surface area contributed by atoms with Crippen LogP contribution in [-0.2, 0) is 0 Å². The highest BCUT2D eigenvalue weighted by atomic mass is 19.1. The van der Waals surface area contributed by atoms with Crippen LogP contribution >= 0.6 is 0 Å². The molecular weight excluding hydrogens is 269 g/mol. The molecule has 2 aromatic rings. The lowest BCUT2D eigenvalue weighted by Crippen LogP contribution is -2.13. The molecule has 0 saturated heterocycles. The van der Waals surface area contributed by atoms with E-state index in [9.17, 15) is 18.0 Å². The van der Waals surface area contributed by atoms with Crippen molar-refractivity contribution in [2.75, 3.05) is 11.1 Å². The maximum absolute atomic E-state index is 13.5. The second-order valence-electron chi connectivity index (χ2n) is 4.28. The van der Waals surface area contributed by atoms with Crippen LogP contribution < -0.4 is 11.1 Å². The molecule has 0 fully saturated rings. The van der Waals surface area contributed by atoms with Crippen LogP contribution in [0.2, 0.25) is 0 Å². The Labute approximate surface area is 113 Å². The van der Waals surface area contributed by atoms with Gasteiger partial charge in [-0.05, 0) is 31.2 Å². The fraction of sp³-hybridized carbons (Fsp3) is 0.0714. The van der Waals surface area contributed by atoms with E-state index < -0.39 is 23.4 Å². The number of nitrogens with two attached hydrogens (primary N) is 1. The normalized spacial score (nSPS) is 10.4. The summed E-state index contributed by atoms with van der Waals surface area (Å²) in [5, 5.41) is 2.27. The lowest BCUT2D eigenvalue weighted by molar-refractivity contribution is 0.102. The molecule has 20 heavy (non-hydrogen) atoms. The second kappa shape index (κ2) is 5.24. The van der Waals surface area contributed by atoms with Crippen molar-refractivity contribution < 1.29 is 18.0 Å². The summed E-state index contributed by atoms with van der Waals surface area (Å²) >= 11 is 0. The van der Waals surface area contributed by atoms with E-state index >= 15 is 0 Å². The number of hydrogen-bond acceptors (Lipinski definition) is 2. The minimum absolute atomic E-state index is 0.0322. The van der Waals surface area contributed by atoms with Crippen molar-refractivity contribution in [1.29, 1.82) is 0 Å². The monoisotopic (exact) mass is 280 g/mol. The predicted octanol–water partition coefficient (Wildman–Crippen LogP) is 3.25. The van der Waals surface area contributed by atoms with Gasteiger partial charge in [0, 0.05) is 28.6 Å². The van der Waals surface area contributed by atoms with Gasteiger partial charge in [-0.3, -0.25) is 4.79 Å². The van der Waals surface area contributed by atoms with Crippen LogP contribution in [0.25, 0.3) is 0 Å². The fourth-order valence-electron chi connectivity index (χ4n) is 1.66. The third-order valence-electron chi connectivity index (χ3n) is 2.77. The zero-order chi connectivity index (χ0) is 14.9. The Bertz CT molecular complexity index is 643. The zero-order valence-electron chi connectivity index (χ0n) is 10.5. The van der Waals surface area contributed by atoms with E-state index in [1.807, 2.05) is 0 Å². The molecule has 0 aliphatic carbocycles. The third kappa shape index (κ3) is 2.90. The van der Waals surface area contributed by atoms with Gasteiger partial charge in [0.05, 0.1) is 0 Å². The lowest BCUT2D eigenvalue weighted by atomic mass is 10.1. The molecule has 0 radical (unpaired) electrons. The Kier molecular flexibility index (Phi) is 3.65. The average Bonchev–Trinajstić information content (AvgIpc) is 2.33. The summed E-state index contributed by atoms with van der Waals surface area (Å²) in [5.41, 5.74) is 5.83. The summed E-state index contributed by atoms with van der Waals surface area (Å²) in [6.07, 6.45) is 0. The molecule has 6 heteroatoms. The van der Waals surface area contributed by atoms with E-state index in [0.717, 1.165) is 18.2 Å². The smallest absolute Gasteiger partial charge is 0.255 e. The van der Waals surface area contributed by atoms with Crippen molar-refractivity contribution in [3.8, 4) is 0 Å². The van der Waals surface area contributed by atoms with Crippen molar-refractivity contribution in [3.05, 3.63) is 58.9 Å². The Balaban J connectivity index is 2.28. The first kappa shape index (κ1) is 13.9. The molecular formula is C14H11F3N2O. The van der Waals surface area contributed by atoms with Crippen LogP contribution in [0.5, 0.6) is 0 Å². The molecule has 0 spiro atoms. The van der Waals surface area contributed by atoms with E-state index in [1.165, 1.54) is 13.0 Å². The number of nitrogen functional groups attached to an aromatic ring is 1. The number of halogens is 3. The van der Waals surface area contributed by atoms with Crippen molar-refractivity contribution in [1.82, 2.24) is 0 Å². The number of amides is 1. The number of nitrogens with one attached hydrogen (secondary N) is 1. The topological polar surface area (TPSA) is 55.1 Å². The maximum Gasteiger partial charge on any atom is 0.255 e. The van der Waals surface area contributed by atoms with Gasteiger partial charge in [0.25, 0.3) is 5.91 Å². The molecule has 2 aromatic carbocycles. The molecule has 0 saturated carbocycles. The van der Waals surface area contributed by atoms with E-state index in [4.69, 9.17) is 5.73 Å². The van der Waals surface area contributed by atoms with E-state index in [-0.39, 0.29) is 22.5 Å². The number of carbonyl (C=O) groups excluding carboxylic acids is 1. The highest BCUT2D eigenvalue weighted by Gasteiger charge is 2.12. The Morgan fingerprint density at radius 1 is 1.05 bits per heavy atom. The first-order chi connectivity index (χ1) is 9.36. The maximum atomic E-state index is 13.5. The Morgan fingerprint density at radius 3 is 2.20 bits per heavy atom. The SMILES string of the molecule is Cc1c(N)cc(C(=O)Nc2cc(F)cc(F)c2)cc1F. The minimum Gasteiger partial charge on any atom is -0.398 e. The van der Waals surface area contributed by atoms with Gasteiger partial charge >= 0.3 is 0 Å². The van der Waals surface area contributed by atoms with Crippen molar-refractivity contribution in [2.45, 2.75) is 6.92 Å². The molecule has 0 unspecified atom stereocenters. The molecule has 1 amide bonds. The first-order valence-corrected chi connectivity index (χ1v) is 5.70.